The summed E-state index contributed by atoms with van der Waals surface area (Å²) in [5, 5.41) is 24.2. The Bertz CT molecular complexity index is 1160. The number of anilines is 1. The number of H-pyrrole nitrogens is 1. The molecule has 28 heavy (non-hydrogen) atoms. The maximum atomic E-state index is 12.2. The zero-order valence-corrected chi connectivity index (χ0v) is 14.7. The number of nitro groups is 1. The molecule has 0 amide bonds. The first-order valence-corrected chi connectivity index (χ1v) is 8.13. The lowest BCUT2D eigenvalue weighted by atomic mass is 10.1. The minimum atomic E-state index is -0.597. The monoisotopic (exact) mass is 374 g/mol. The van der Waals surface area contributed by atoms with Crippen LogP contribution in [0.5, 0.6) is 0 Å². The van der Waals surface area contributed by atoms with Crippen LogP contribution in [-0.2, 0) is 0 Å². The minimum Gasteiger partial charge on any atom is -0.290 e. The average molecular weight is 374 g/mol. The zero-order chi connectivity index (χ0) is 20.1. The average Bonchev–Trinajstić information content (AvgIpc) is 2.69. The number of hydrogen-bond acceptors (Lipinski definition) is 7. The Morgan fingerprint density at radius 2 is 2.04 bits per heavy atom. The smallest absolute Gasteiger partial charge is 0.272 e. The van der Waals surface area contributed by atoms with Gasteiger partial charge in [-0.1, -0.05) is 42.5 Å². The zero-order valence-electron chi connectivity index (χ0n) is 14.7. The van der Waals surface area contributed by atoms with Gasteiger partial charge in [-0.3, -0.25) is 19.9 Å². The number of hydrazone groups is 1. The number of aromatic amines is 1. The molecule has 0 aliphatic heterocycles. The predicted octanol–water partition coefficient (Wildman–Crippen LogP) is 2.97. The molecule has 3 rings (SSSR count). The highest BCUT2D eigenvalue weighted by Gasteiger charge is 2.13. The summed E-state index contributed by atoms with van der Waals surface area (Å²) >= 11 is 0. The van der Waals surface area contributed by atoms with E-state index in [9.17, 15) is 20.2 Å². The van der Waals surface area contributed by atoms with E-state index in [-0.39, 0.29) is 22.9 Å². The van der Waals surface area contributed by atoms with Gasteiger partial charge in [0.25, 0.3) is 11.2 Å². The summed E-state index contributed by atoms with van der Waals surface area (Å²) in [7, 11) is 0. The summed E-state index contributed by atoms with van der Waals surface area (Å²) in [6, 6.07) is 15.4. The van der Waals surface area contributed by atoms with Crippen LogP contribution < -0.4 is 11.0 Å². The van der Waals surface area contributed by atoms with Crippen LogP contribution in [0.2, 0.25) is 0 Å². The SMILES string of the molecule is Cc1ccc(C=NNc2nc(-c3ccccc3)c(C#N)c(=O)[nH]2)cc1[N+](=O)[O-]. The van der Waals surface area contributed by atoms with Gasteiger partial charge in [-0.15, -0.1) is 0 Å². The number of aromatic nitrogens is 2. The minimum absolute atomic E-state index is 0.0137. The van der Waals surface area contributed by atoms with Crippen LogP contribution in [0.25, 0.3) is 11.3 Å². The van der Waals surface area contributed by atoms with Crippen molar-refractivity contribution >= 4 is 17.9 Å². The highest BCUT2D eigenvalue weighted by molar-refractivity contribution is 5.81. The van der Waals surface area contributed by atoms with Crippen LogP contribution in [0.1, 0.15) is 16.7 Å². The van der Waals surface area contributed by atoms with Gasteiger partial charge in [0.1, 0.15) is 11.6 Å². The van der Waals surface area contributed by atoms with Gasteiger partial charge in [0, 0.05) is 22.8 Å². The maximum Gasteiger partial charge on any atom is 0.272 e. The van der Waals surface area contributed by atoms with Crippen molar-refractivity contribution in [1.29, 1.82) is 5.26 Å². The third-order valence-corrected chi connectivity index (χ3v) is 3.89. The molecule has 0 saturated carbocycles. The first-order valence-electron chi connectivity index (χ1n) is 8.13. The number of nitrogens with one attached hydrogen (secondary N) is 2. The van der Waals surface area contributed by atoms with Gasteiger partial charge in [0.05, 0.1) is 16.8 Å². The molecule has 1 aromatic heterocycles. The van der Waals surface area contributed by atoms with Crippen molar-refractivity contribution in [1.82, 2.24) is 9.97 Å². The normalized spacial score (nSPS) is 10.6. The van der Waals surface area contributed by atoms with Crippen molar-refractivity contribution in [3.05, 3.63) is 85.7 Å². The molecule has 9 nitrogen and oxygen atoms in total. The van der Waals surface area contributed by atoms with Crippen LogP contribution >= 0.6 is 0 Å². The van der Waals surface area contributed by atoms with Crippen molar-refractivity contribution in [2.45, 2.75) is 6.92 Å². The van der Waals surface area contributed by atoms with Crippen LogP contribution in [0.3, 0.4) is 0 Å². The number of rotatable bonds is 5. The van der Waals surface area contributed by atoms with Gasteiger partial charge >= 0.3 is 0 Å². The van der Waals surface area contributed by atoms with E-state index in [0.717, 1.165) is 0 Å². The van der Waals surface area contributed by atoms with Crippen LogP contribution in [-0.4, -0.2) is 21.1 Å². The Morgan fingerprint density at radius 1 is 1.29 bits per heavy atom. The lowest BCUT2D eigenvalue weighted by Crippen LogP contribution is -2.16. The van der Waals surface area contributed by atoms with Crippen LogP contribution in [0.15, 0.2) is 58.4 Å². The molecule has 0 fully saturated rings. The molecule has 3 aromatic rings. The Labute approximate surface area is 159 Å². The van der Waals surface area contributed by atoms with E-state index in [1.807, 2.05) is 12.1 Å². The molecule has 0 atom stereocenters. The van der Waals surface area contributed by atoms with E-state index in [1.54, 1.807) is 43.3 Å². The van der Waals surface area contributed by atoms with Crippen LogP contribution in [0.4, 0.5) is 11.6 Å². The fourth-order valence-electron chi connectivity index (χ4n) is 2.51. The molecule has 0 spiro atoms. The van der Waals surface area contributed by atoms with Crippen molar-refractivity contribution < 1.29 is 4.92 Å². The number of aryl methyl sites for hydroxylation is 1. The van der Waals surface area contributed by atoms with Crippen molar-refractivity contribution in [3.8, 4) is 17.3 Å². The molecule has 2 N–H and O–H groups in total. The lowest BCUT2D eigenvalue weighted by molar-refractivity contribution is -0.385. The van der Waals surface area contributed by atoms with Crippen LogP contribution in [0, 0.1) is 28.4 Å². The summed E-state index contributed by atoms with van der Waals surface area (Å²) in [6.45, 7) is 1.65. The van der Waals surface area contributed by atoms with Crippen molar-refractivity contribution in [2.24, 2.45) is 5.10 Å². The fourth-order valence-corrected chi connectivity index (χ4v) is 2.51. The van der Waals surface area contributed by atoms with E-state index < -0.39 is 10.5 Å². The maximum absolute atomic E-state index is 12.2. The molecule has 2 aromatic carbocycles. The van der Waals surface area contributed by atoms with E-state index in [2.05, 4.69) is 20.5 Å². The van der Waals surface area contributed by atoms with E-state index in [4.69, 9.17) is 0 Å². The highest BCUT2D eigenvalue weighted by Crippen LogP contribution is 2.20. The molecule has 9 heteroatoms. The molecule has 138 valence electrons. The summed E-state index contributed by atoms with van der Waals surface area (Å²) < 4.78 is 0. The standard InChI is InChI=1S/C19H14N6O3/c1-12-7-8-13(9-16(12)25(27)28)11-21-24-19-22-17(14-5-3-2-4-6-14)15(10-20)18(26)23-19/h2-9,11H,1H3,(H2,22,23,24,26). The number of benzene rings is 2. The molecular weight excluding hydrogens is 360 g/mol. The molecule has 0 radical (unpaired) electrons. The Balaban J connectivity index is 1.90. The molecule has 1 heterocycles. The number of nitriles is 1. The summed E-state index contributed by atoms with van der Waals surface area (Å²) in [5.41, 5.74) is 3.76. The summed E-state index contributed by atoms with van der Waals surface area (Å²) in [4.78, 5) is 29.4. The second kappa shape index (κ2) is 7.92. The molecular formula is C19H14N6O3. The largest absolute Gasteiger partial charge is 0.290 e. The second-order valence-electron chi connectivity index (χ2n) is 5.79. The van der Waals surface area contributed by atoms with Gasteiger partial charge in [-0.05, 0) is 6.92 Å². The van der Waals surface area contributed by atoms with Gasteiger partial charge in [0.2, 0.25) is 5.95 Å². The number of nitrogens with zero attached hydrogens (tertiary/aromatic N) is 4. The second-order valence-corrected chi connectivity index (χ2v) is 5.79. The summed E-state index contributed by atoms with van der Waals surface area (Å²) in [6.07, 6.45) is 1.37. The Morgan fingerprint density at radius 3 is 2.71 bits per heavy atom. The van der Waals surface area contributed by atoms with E-state index >= 15 is 0 Å². The first-order chi connectivity index (χ1) is 13.5. The first kappa shape index (κ1) is 18.5. The van der Waals surface area contributed by atoms with Gasteiger partial charge in [0.15, 0.2) is 0 Å². The van der Waals surface area contributed by atoms with Crippen molar-refractivity contribution in [2.75, 3.05) is 5.43 Å². The Kier molecular flexibility index (Phi) is 5.23. The van der Waals surface area contributed by atoms with E-state index in [0.29, 0.717) is 16.7 Å². The van der Waals surface area contributed by atoms with Crippen molar-refractivity contribution in [3.63, 3.8) is 0 Å². The molecule has 0 saturated heterocycles. The van der Waals surface area contributed by atoms with Gasteiger partial charge in [-0.2, -0.15) is 10.4 Å². The highest BCUT2D eigenvalue weighted by atomic mass is 16.6. The molecule has 0 unspecified atom stereocenters. The van der Waals surface area contributed by atoms with Gasteiger partial charge in [-0.25, -0.2) is 10.4 Å². The third-order valence-electron chi connectivity index (χ3n) is 3.89. The predicted molar refractivity (Wildman–Crippen MR) is 104 cm³/mol. The third kappa shape index (κ3) is 3.91. The summed E-state index contributed by atoms with van der Waals surface area (Å²) in [5.74, 6) is 0.0423. The fraction of sp³-hybridized carbons (Fsp3) is 0.0526. The molecule has 0 bridgehead atoms. The number of nitro benzene ring substituents is 1. The van der Waals surface area contributed by atoms with Gasteiger partial charge < -0.3 is 0 Å². The lowest BCUT2D eigenvalue weighted by Gasteiger charge is -2.06. The van der Waals surface area contributed by atoms with E-state index in [1.165, 1.54) is 12.3 Å². The molecule has 0 aliphatic rings. The topological polar surface area (TPSA) is 137 Å². The Hall–Kier alpha value is -4.32. The quantitative estimate of drug-likeness (QED) is 0.400. The molecule has 0 aliphatic carbocycles. The number of hydrogen-bond donors (Lipinski definition) is 2.